The van der Waals surface area contributed by atoms with E-state index in [1.54, 1.807) is 0 Å². The lowest BCUT2D eigenvalue weighted by Gasteiger charge is -2.34. The topological polar surface area (TPSA) is 63.1 Å². The molecule has 3 heterocycles. The number of aromatic nitrogens is 3. The Bertz CT molecular complexity index is 486. The molecule has 7 heteroatoms. The van der Waals surface area contributed by atoms with Crippen LogP contribution in [0.25, 0.3) is 0 Å². The van der Waals surface area contributed by atoms with Gasteiger partial charge in [0.05, 0.1) is 12.2 Å². The molecule has 2 saturated heterocycles. The van der Waals surface area contributed by atoms with Gasteiger partial charge in [0.1, 0.15) is 0 Å². The molecule has 0 spiro atoms. The number of halogens is 1. The molecule has 2 aliphatic rings. The molecule has 1 aromatic rings. The van der Waals surface area contributed by atoms with E-state index in [1.165, 1.54) is 6.42 Å². The molecular formula is C15H26ClN5O. The molecule has 1 aromatic heterocycles. The van der Waals surface area contributed by atoms with Crippen LogP contribution >= 0.6 is 12.4 Å². The predicted molar refractivity (Wildman–Crippen MR) is 87.4 cm³/mol. The molecule has 0 aliphatic carbocycles. The van der Waals surface area contributed by atoms with E-state index in [9.17, 15) is 4.79 Å². The summed E-state index contributed by atoms with van der Waals surface area (Å²) in [6.45, 7) is 5.04. The van der Waals surface area contributed by atoms with Gasteiger partial charge in [-0.2, -0.15) is 0 Å². The number of piperidine rings is 2. The Morgan fingerprint density at radius 3 is 2.82 bits per heavy atom. The largest absolute Gasteiger partial charge is 0.334 e. The molecule has 22 heavy (non-hydrogen) atoms. The number of carbonyl (C=O) groups is 1. The second-order valence-electron chi connectivity index (χ2n) is 6.12. The Morgan fingerprint density at radius 1 is 1.32 bits per heavy atom. The summed E-state index contributed by atoms with van der Waals surface area (Å²) in [4.78, 5) is 14.7. The van der Waals surface area contributed by atoms with Gasteiger partial charge in [0, 0.05) is 12.6 Å². The summed E-state index contributed by atoms with van der Waals surface area (Å²) in [6, 6.07) is 0.749. The standard InChI is InChI=1S/C15H25N5O.ClH/c1-2-12-5-3-4-10-19(12)15(21)14-11-20(18-17-14)13-6-8-16-9-7-13;/h11-13,16H,2-10H2,1H3;1H. The molecule has 124 valence electrons. The van der Waals surface area contributed by atoms with Crippen molar-refractivity contribution in [2.24, 2.45) is 0 Å². The van der Waals surface area contributed by atoms with Crippen LogP contribution in [-0.2, 0) is 0 Å². The van der Waals surface area contributed by atoms with Crippen LogP contribution in [0.5, 0.6) is 0 Å². The number of likely N-dealkylation sites (tertiary alicyclic amines) is 1. The number of amides is 1. The fourth-order valence-electron chi connectivity index (χ4n) is 3.46. The highest BCUT2D eigenvalue weighted by Crippen LogP contribution is 2.22. The van der Waals surface area contributed by atoms with E-state index < -0.39 is 0 Å². The smallest absolute Gasteiger partial charge is 0.276 e. The third-order valence-electron chi connectivity index (χ3n) is 4.77. The molecule has 0 bridgehead atoms. The first-order valence-corrected chi connectivity index (χ1v) is 8.23. The zero-order valence-electron chi connectivity index (χ0n) is 13.2. The lowest BCUT2D eigenvalue weighted by Crippen LogP contribution is -2.43. The maximum atomic E-state index is 12.7. The van der Waals surface area contributed by atoms with Crippen molar-refractivity contribution in [3.05, 3.63) is 11.9 Å². The van der Waals surface area contributed by atoms with Gasteiger partial charge in [-0.3, -0.25) is 4.79 Å². The summed E-state index contributed by atoms with van der Waals surface area (Å²) in [7, 11) is 0. The van der Waals surface area contributed by atoms with Gasteiger partial charge in [0.25, 0.3) is 5.91 Å². The molecule has 1 N–H and O–H groups in total. The number of nitrogens with one attached hydrogen (secondary N) is 1. The molecule has 3 rings (SSSR count). The van der Waals surface area contributed by atoms with Gasteiger partial charge < -0.3 is 10.2 Å². The maximum Gasteiger partial charge on any atom is 0.276 e. The normalized spacial score (nSPS) is 23.1. The Hall–Kier alpha value is -1.14. The van der Waals surface area contributed by atoms with Crippen molar-refractivity contribution in [1.82, 2.24) is 25.2 Å². The average molecular weight is 328 g/mol. The van der Waals surface area contributed by atoms with Crippen LogP contribution in [0.4, 0.5) is 0 Å². The summed E-state index contributed by atoms with van der Waals surface area (Å²) in [6.07, 6.45) is 8.42. The van der Waals surface area contributed by atoms with E-state index >= 15 is 0 Å². The van der Waals surface area contributed by atoms with Crippen molar-refractivity contribution in [3.63, 3.8) is 0 Å². The van der Waals surface area contributed by atoms with E-state index in [-0.39, 0.29) is 18.3 Å². The van der Waals surface area contributed by atoms with E-state index in [1.807, 2.05) is 15.8 Å². The van der Waals surface area contributed by atoms with Gasteiger partial charge in [-0.05, 0) is 51.6 Å². The lowest BCUT2D eigenvalue weighted by atomic mass is 10.00. The lowest BCUT2D eigenvalue weighted by molar-refractivity contribution is 0.0602. The van der Waals surface area contributed by atoms with Gasteiger partial charge in [-0.15, -0.1) is 17.5 Å². The molecule has 2 fully saturated rings. The van der Waals surface area contributed by atoms with Crippen LogP contribution in [-0.4, -0.2) is 51.5 Å². The molecular weight excluding hydrogens is 302 g/mol. The zero-order valence-corrected chi connectivity index (χ0v) is 14.0. The second kappa shape index (κ2) is 7.92. The Labute approximate surface area is 138 Å². The van der Waals surface area contributed by atoms with Gasteiger partial charge in [0.15, 0.2) is 5.69 Å². The molecule has 1 amide bonds. The molecule has 1 unspecified atom stereocenters. The minimum Gasteiger partial charge on any atom is -0.334 e. The molecule has 2 aliphatic heterocycles. The number of carbonyl (C=O) groups excluding carboxylic acids is 1. The first-order valence-electron chi connectivity index (χ1n) is 8.23. The fraction of sp³-hybridized carbons (Fsp3) is 0.800. The summed E-state index contributed by atoms with van der Waals surface area (Å²) < 4.78 is 1.89. The van der Waals surface area contributed by atoms with Gasteiger partial charge >= 0.3 is 0 Å². The highest BCUT2D eigenvalue weighted by atomic mass is 35.5. The summed E-state index contributed by atoms with van der Waals surface area (Å²) in [5.74, 6) is 0.0572. The second-order valence-corrected chi connectivity index (χ2v) is 6.12. The fourth-order valence-corrected chi connectivity index (χ4v) is 3.46. The molecule has 0 saturated carbocycles. The Balaban J connectivity index is 0.00000176. The minimum absolute atomic E-state index is 0. The van der Waals surface area contributed by atoms with Crippen molar-refractivity contribution in [2.45, 2.75) is 57.5 Å². The quantitative estimate of drug-likeness (QED) is 0.922. The van der Waals surface area contributed by atoms with E-state index in [0.717, 1.165) is 51.7 Å². The summed E-state index contributed by atoms with van der Waals surface area (Å²) in [5.41, 5.74) is 0.508. The first kappa shape index (κ1) is 17.2. The minimum atomic E-state index is 0. The molecule has 0 radical (unpaired) electrons. The molecule has 0 aromatic carbocycles. The Kier molecular flexibility index (Phi) is 6.20. The third-order valence-corrected chi connectivity index (χ3v) is 4.77. The van der Waals surface area contributed by atoms with Crippen molar-refractivity contribution >= 4 is 18.3 Å². The number of hydrogen-bond donors (Lipinski definition) is 1. The summed E-state index contributed by atoms with van der Waals surface area (Å²) in [5, 5.41) is 11.7. The van der Waals surface area contributed by atoms with E-state index in [0.29, 0.717) is 17.8 Å². The van der Waals surface area contributed by atoms with Crippen LogP contribution < -0.4 is 5.32 Å². The van der Waals surface area contributed by atoms with Crippen LogP contribution in [0.3, 0.4) is 0 Å². The van der Waals surface area contributed by atoms with Crippen molar-refractivity contribution in [3.8, 4) is 0 Å². The van der Waals surface area contributed by atoms with Gasteiger partial charge in [0.2, 0.25) is 0 Å². The monoisotopic (exact) mass is 327 g/mol. The summed E-state index contributed by atoms with van der Waals surface area (Å²) >= 11 is 0. The van der Waals surface area contributed by atoms with E-state index in [4.69, 9.17) is 0 Å². The van der Waals surface area contributed by atoms with Crippen LogP contribution in [0.1, 0.15) is 62.0 Å². The first-order chi connectivity index (χ1) is 10.3. The van der Waals surface area contributed by atoms with Crippen molar-refractivity contribution < 1.29 is 4.79 Å². The van der Waals surface area contributed by atoms with E-state index in [2.05, 4.69) is 22.6 Å². The van der Waals surface area contributed by atoms with Crippen molar-refractivity contribution in [1.29, 1.82) is 0 Å². The SMILES string of the molecule is CCC1CCCCN1C(=O)c1cn(C2CCNCC2)nn1.Cl. The van der Waals surface area contributed by atoms with Crippen molar-refractivity contribution in [2.75, 3.05) is 19.6 Å². The highest BCUT2D eigenvalue weighted by Gasteiger charge is 2.28. The Morgan fingerprint density at radius 2 is 2.09 bits per heavy atom. The predicted octanol–water partition coefficient (Wildman–Crippen LogP) is 2.03. The number of hydrogen-bond acceptors (Lipinski definition) is 4. The van der Waals surface area contributed by atoms with Crippen LogP contribution in [0, 0.1) is 0 Å². The average Bonchev–Trinajstić information content (AvgIpc) is 3.05. The van der Waals surface area contributed by atoms with Crippen LogP contribution in [0.2, 0.25) is 0 Å². The zero-order chi connectivity index (χ0) is 14.7. The number of rotatable bonds is 3. The highest BCUT2D eigenvalue weighted by molar-refractivity contribution is 5.92. The molecule has 6 nitrogen and oxygen atoms in total. The third kappa shape index (κ3) is 3.60. The van der Waals surface area contributed by atoms with Crippen LogP contribution in [0.15, 0.2) is 6.20 Å². The number of nitrogens with zero attached hydrogens (tertiary/aromatic N) is 4. The van der Waals surface area contributed by atoms with Gasteiger partial charge in [-0.1, -0.05) is 12.1 Å². The molecule has 1 atom stereocenters. The maximum absolute atomic E-state index is 12.7. The van der Waals surface area contributed by atoms with Gasteiger partial charge in [-0.25, -0.2) is 4.68 Å².